The first-order valence-electron chi connectivity index (χ1n) is 7.34. The molecule has 0 aliphatic heterocycles. The monoisotopic (exact) mass is 350 g/mol. The van der Waals surface area contributed by atoms with Crippen molar-refractivity contribution < 1.29 is 4.74 Å². The third-order valence-electron chi connectivity index (χ3n) is 3.56. The maximum atomic E-state index is 13.0. The maximum Gasteiger partial charge on any atom is 0.282 e. The van der Waals surface area contributed by atoms with Crippen LogP contribution in [0.15, 0.2) is 58.5 Å². The average Bonchev–Trinajstić information content (AvgIpc) is 2.68. The molecule has 3 rings (SSSR count). The van der Waals surface area contributed by atoms with Gasteiger partial charge >= 0.3 is 0 Å². The van der Waals surface area contributed by atoms with Crippen LogP contribution in [0, 0.1) is 6.57 Å². The SMILES string of the molecule is [C-]#[N+]c1c(SC)nc(-c2ccccn2)n(-c2ccc(OC)cc2)c1=O. The number of hydrogen-bond acceptors (Lipinski definition) is 5. The lowest BCUT2D eigenvalue weighted by atomic mass is 10.2. The van der Waals surface area contributed by atoms with Crippen LogP contribution >= 0.6 is 11.8 Å². The molecule has 0 saturated heterocycles. The Balaban J connectivity index is 2.35. The summed E-state index contributed by atoms with van der Waals surface area (Å²) in [6, 6.07) is 12.4. The molecule has 0 fully saturated rings. The zero-order valence-corrected chi connectivity index (χ0v) is 14.4. The molecule has 0 radical (unpaired) electrons. The fourth-order valence-electron chi connectivity index (χ4n) is 2.37. The molecule has 7 heteroatoms. The van der Waals surface area contributed by atoms with Crippen LogP contribution in [0.3, 0.4) is 0 Å². The van der Waals surface area contributed by atoms with E-state index in [0.29, 0.717) is 28.0 Å². The van der Waals surface area contributed by atoms with E-state index in [1.807, 2.05) is 6.07 Å². The summed E-state index contributed by atoms with van der Waals surface area (Å²) in [5, 5.41) is 0.394. The summed E-state index contributed by atoms with van der Waals surface area (Å²) < 4.78 is 6.58. The van der Waals surface area contributed by atoms with Crippen LogP contribution in [0.25, 0.3) is 22.1 Å². The summed E-state index contributed by atoms with van der Waals surface area (Å²) >= 11 is 1.27. The molecule has 25 heavy (non-hydrogen) atoms. The summed E-state index contributed by atoms with van der Waals surface area (Å²) in [6.45, 7) is 7.35. The third kappa shape index (κ3) is 3.12. The van der Waals surface area contributed by atoms with Crippen LogP contribution < -0.4 is 10.3 Å². The molecule has 0 unspecified atom stereocenters. The Labute approximate surface area is 149 Å². The van der Waals surface area contributed by atoms with Crippen LogP contribution in [0.4, 0.5) is 5.69 Å². The highest BCUT2D eigenvalue weighted by atomic mass is 32.2. The van der Waals surface area contributed by atoms with Gasteiger partial charge in [0, 0.05) is 11.9 Å². The van der Waals surface area contributed by atoms with Crippen molar-refractivity contribution in [3.63, 3.8) is 0 Å². The number of rotatable bonds is 4. The van der Waals surface area contributed by atoms with Crippen LogP contribution in [-0.4, -0.2) is 27.9 Å². The van der Waals surface area contributed by atoms with Gasteiger partial charge in [-0.2, -0.15) is 0 Å². The molecule has 6 nitrogen and oxygen atoms in total. The first-order chi connectivity index (χ1) is 12.2. The molecular formula is C18H14N4O2S. The van der Waals surface area contributed by atoms with Crippen molar-refractivity contribution >= 4 is 17.4 Å². The van der Waals surface area contributed by atoms with E-state index in [1.165, 1.54) is 16.3 Å². The minimum Gasteiger partial charge on any atom is -0.497 e. The number of hydrogen-bond donors (Lipinski definition) is 0. The molecule has 1 aromatic carbocycles. The molecule has 2 aromatic heterocycles. The van der Waals surface area contributed by atoms with Crippen molar-refractivity contribution in [1.29, 1.82) is 0 Å². The zero-order chi connectivity index (χ0) is 17.8. The van der Waals surface area contributed by atoms with Gasteiger partial charge < -0.3 is 4.74 Å². The van der Waals surface area contributed by atoms with E-state index >= 15 is 0 Å². The quantitative estimate of drug-likeness (QED) is 0.409. The largest absolute Gasteiger partial charge is 0.497 e. The van der Waals surface area contributed by atoms with Crippen LogP contribution in [-0.2, 0) is 0 Å². The molecular weight excluding hydrogens is 336 g/mol. The number of nitrogens with zero attached hydrogens (tertiary/aromatic N) is 4. The predicted molar refractivity (Wildman–Crippen MR) is 97.7 cm³/mol. The van der Waals surface area contributed by atoms with Crippen molar-refractivity contribution in [2.24, 2.45) is 0 Å². The normalized spacial score (nSPS) is 10.3. The predicted octanol–water partition coefficient (Wildman–Crippen LogP) is 3.58. The van der Waals surface area contributed by atoms with Gasteiger partial charge in [-0.15, -0.1) is 11.8 Å². The van der Waals surface area contributed by atoms with Gasteiger partial charge in [0.2, 0.25) is 0 Å². The second-order valence-electron chi connectivity index (χ2n) is 4.96. The van der Waals surface area contributed by atoms with E-state index in [2.05, 4.69) is 14.8 Å². The van der Waals surface area contributed by atoms with Gasteiger partial charge in [-0.1, -0.05) is 6.07 Å². The Kier molecular flexibility index (Phi) is 4.82. The van der Waals surface area contributed by atoms with Gasteiger partial charge in [-0.25, -0.2) is 9.83 Å². The molecule has 0 bridgehead atoms. The number of benzene rings is 1. The van der Waals surface area contributed by atoms with Gasteiger partial charge in [0.05, 0.1) is 13.7 Å². The van der Waals surface area contributed by atoms with Crippen LogP contribution in [0.2, 0.25) is 0 Å². The van der Waals surface area contributed by atoms with Crippen molar-refractivity contribution in [2.75, 3.05) is 13.4 Å². The smallest absolute Gasteiger partial charge is 0.282 e. The van der Waals surface area contributed by atoms with E-state index in [0.717, 1.165) is 0 Å². The highest BCUT2D eigenvalue weighted by Crippen LogP contribution is 2.27. The molecule has 0 atom stereocenters. The topological polar surface area (TPSA) is 61.4 Å². The first-order valence-corrected chi connectivity index (χ1v) is 8.56. The summed E-state index contributed by atoms with van der Waals surface area (Å²) in [7, 11) is 1.58. The highest BCUT2D eigenvalue weighted by molar-refractivity contribution is 7.98. The maximum absolute atomic E-state index is 13.0. The van der Waals surface area contributed by atoms with Crippen molar-refractivity contribution in [2.45, 2.75) is 5.03 Å². The van der Waals surface area contributed by atoms with Crippen LogP contribution in [0.5, 0.6) is 5.75 Å². The number of thioether (sulfide) groups is 1. The molecule has 2 heterocycles. The molecule has 0 saturated carbocycles. The van der Waals surface area contributed by atoms with E-state index < -0.39 is 5.56 Å². The van der Waals surface area contributed by atoms with Gasteiger partial charge in [-0.05, 0) is 42.7 Å². The summed E-state index contributed by atoms with van der Waals surface area (Å²) in [5.41, 5.74) is 0.738. The lowest BCUT2D eigenvalue weighted by molar-refractivity contribution is 0.414. The minimum absolute atomic E-state index is 0.00278. The lowest BCUT2D eigenvalue weighted by Crippen LogP contribution is -2.22. The van der Waals surface area contributed by atoms with Gasteiger partial charge in [0.25, 0.3) is 11.2 Å². The molecule has 0 aliphatic rings. The molecule has 3 aromatic rings. The minimum atomic E-state index is -0.417. The Morgan fingerprint density at radius 1 is 1.20 bits per heavy atom. The number of ether oxygens (including phenoxy) is 1. The summed E-state index contributed by atoms with van der Waals surface area (Å²) in [5.74, 6) is 1.07. The van der Waals surface area contributed by atoms with E-state index in [-0.39, 0.29) is 5.69 Å². The highest BCUT2D eigenvalue weighted by Gasteiger charge is 2.19. The molecule has 0 spiro atoms. The Bertz CT molecular complexity index is 993. The molecule has 124 valence electrons. The standard InChI is InChI=1S/C18H14N4O2S/c1-19-15-17(25-3)21-16(14-6-4-5-11-20-14)22(18(15)23)12-7-9-13(24-2)10-8-12/h4-11H,2-3H3. The summed E-state index contributed by atoms with van der Waals surface area (Å²) in [4.78, 5) is 25.2. The second kappa shape index (κ2) is 7.20. The van der Waals surface area contributed by atoms with E-state index in [9.17, 15) is 4.79 Å². The zero-order valence-electron chi connectivity index (χ0n) is 13.6. The average molecular weight is 350 g/mol. The fourth-order valence-corrected chi connectivity index (χ4v) is 2.87. The van der Waals surface area contributed by atoms with Gasteiger partial charge in [-0.3, -0.25) is 14.3 Å². The third-order valence-corrected chi connectivity index (χ3v) is 4.23. The number of pyridine rings is 1. The van der Waals surface area contributed by atoms with E-state index in [4.69, 9.17) is 11.3 Å². The first kappa shape index (κ1) is 16.7. The Morgan fingerprint density at radius 3 is 2.52 bits per heavy atom. The van der Waals surface area contributed by atoms with Gasteiger partial charge in [0.1, 0.15) is 16.5 Å². The Hall–Kier alpha value is -3.11. The van der Waals surface area contributed by atoms with Gasteiger partial charge in [0.15, 0.2) is 5.82 Å². The van der Waals surface area contributed by atoms with E-state index in [1.54, 1.807) is 56.0 Å². The van der Waals surface area contributed by atoms with Crippen molar-refractivity contribution in [3.05, 3.63) is 70.4 Å². The number of aromatic nitrogens is 3. The molecule has 0 N–H and O–H groups in total. The number of methoxy groups -OCH3 is 1. The van der Waals surface area contributed by atoms with Crippen molar-refractivity contribution in [1.82, 2.24) is 14.5 Å². The Morgan fingerprint density at radius 2 is 1.96 bits per heavy atom. The molecule has 0 aliphatic carbocycles. The lowest BCUT2D eigenvalue weighted by Gasteiger charge is -2.14. The van der Waals surface area contributed by atoms with Crippen LogP contribution in [0.1, 0.15) is 0 Å². The fraction of sp³-hybridized carbons (Fsp3) is 0.111. The van der Waals surface area contributed by atoms with Crippen molar-refractivity contribution in [3.8, 4) is 23.0 Å². The second-order valence-corrected chi connectivity index (χ2v) is 5.75. The molecule has 0 amide bonds. The summed E-state index contributed by atoms with van der Waals surface area (Å²) in [6.07, 6.45) is 3.43.